The molecule has 3 N–H and O–H groups in total. The van der Waals surface area contributed by atoms with E-state index in [0.29, 0.717) is 24.1 Å². The van der Waals surface area contributed by atoms with Crippen LogP contribution in [-0.2, 0) is 33.9 Å². The lowest BCUT2D eigenvalue weighted by molar-refractivity contribution is -0.137. The van der Waals surface area contributed by atoms with E-state index in [0.717, 1.165) is 11.1 Å². The summed E-state index contributed by atoms with van der Waals surface area (Å²) >= 11 is 0. The van der Waals surface area contributed by atoms with Gasteiger partial charge in [0.2, 0.25) is 17.7 Å². The van der Waals surface area contributed by atoms with E-state index in [9.17, 15) is 24.3 Å². The van der Waals surface area contributed by atoms with Crippen LogP contribution in [0.2, 0.25) is 0 Å². The third-order valence-electron chi connectivity index (χ3n) is 5.42. The van der Waals surface area contributed by atoms with Gasteiger partial charge in [-0.1, -0.05) is 30.3 Å². The molecule has 0 bridgehead atoms. The number of para-hydroxylation sites is 1. The fraction of sp³-hybridized carbons (Fsp3) is 0.273. The lowest BCUT2D eigenvalue weighted by Crippen LogP contribution is -2.52. The SMILES string of the molecule is O=C(Cc1ccccc1O)NCc1ccc2c(c1)C(=O)N(C1CCC(=O)NC1=O)C2. The van der Waals surface area contributed by atoms with Crippen molar-refractivity contribution in [2.75, 3.05) is 0 Å². The zero-order chi connectivity index (χ0) is 21.3. The third kappa shape index (κ3) is 3.89. The molecule has 2 aliphatic heterocycles. The Morgan fingerprint density at radius 1 is 1.17 bits per heavy atom. The van der Waals surface area contributed by atoms with Crippen LogP contribution >= 0.6 is 0 Å². The number of hydrogen-bond acceptors (Lipinski definition) is 5. The van der Waals surface area contributed by atoms with Gasteiger partial charge in [-0.25, -0.2) is 0 Å². The van der Waals surface area contributed by atoms with Gasteiger partial charge in [-0.2, -0.15) is 0 Å². The van der Waals surface area contributed by atoms with Crippen molar-refractivity contribution in [2.24, 2.45) is 0 Å². The fourth-order valence-electron chi connectivity index (χ4n) is 3.81. The van der Waals surface area contributed by atoms with Crippen LogP contribution in [0.25, 0.3) is 0 Å². The van der Waals surface area contributed by atoms with E-state index in [1.54, 1.807) is 24.3 Å². The molecule has 0 spiro atoms. The minimum absolute atomic E-state index is 0.0554. The molecule has 1 saturated heterocycles. The number of piperidine rings is 1. The van der Waals surface area contributed by atoms with Gasteiger partial charge in [-0.3, -0.25) is 24.5 Å². The van der Waals surface area contributed by atoms with Crippen LogP contribution in [0.3, 0.4) is 0 Å². The number of imide groups is 1. The van der Waals surface area contributed by atoms with Crippen LogP contribution in [0.1, 0.15) is 39.9 Å². The molecule has 0 aliphatic carbocycles. The molecule has 8 nitrogen and oxygen atoms in total. The Morgan fingerprint density at radius 3 is 2.73 bits per heavy atom. The molecule has 0 aromatic heterocycles. The van der Waals surface area contributed by atoms with E-state index in [1.165, 1.54) is 11.0 Å². The Bertz CT molecular complexity index is 1050. The maximum atomic E-state index is 12.8. The molecule has 8 heteroatoms. The number of fused-ring (bicyclic) bond motifs is 1. The fourth-order valence-corrected chi connectivity index (χ4v) is 3.81. The Morgan fingerprint density at radius 2 is 1.97 bits per heavy atom. The Balaban J connectivity index is 1.40. The number of nitrogens with one attached hydrogen (secondary N) is 2. The largest absolute Gasteiger partial charge is 0.508 e. The number of phenolic OH excluding ortho intramolecular Hbond substituents is 1. The Hall–Kier alpha value is -3.68. The monoisotopic (exact) mass is 407 g/mol. The highest BCUT2D eigenvalue weighted by Gasteiger charge is 2.39. The highest BCUT2D eigenvalue weighted by Crippen LogP contribution is 2.28. The first-order chi connectivity index (χ1) is 14.4. The summed E-state index contributed by atoms with van der Waals surface area (Å²) < 4.78 is 0. The van der Waals surface area contributed by atoms with Crippen molar-refractivity contribution in [2.45, 2.75) is 38.4 Å². The van der Waals surface area contributed by atoms with Gasteiger partial charge in [0.25, 0.3) is 5.91 Å². The normalized spacial score (nSPS) is 18.2. The number of rotatable bonds is 5. The van der Waals surface area contributed by atoms with Crippen LogP contribution in [0.15, 0.2) is 42.5 Å². The van der Waals surface area contributed by atoms with Gasteiger partial charge in [0.05, 0.1) is 6.42 Å². The number of carbonyl (C=O) groups is 4. The predicted molar refractivity (Wildman–Crippen MR) is 106 cm³/mol. The summed E-state index contributed by atoms with van der Waals surface area (Å²) in [6.07, 6.45) is 0.588. The summed E-state index contributed by atoms with van der Waals surface area (Å²) in [5.41, 5.74) is 2.62. The van der Waals surface area contributed by atoms with E-state index in [1.807, 2.05) is 12.1 Å². The minimum Gasteiger partial charge on any atom is -0.508 e. The quantitative estimate of drug-likeness (QED) is 0.640. The number of benzene rings is 2. The summed E-state index contributed by atoms with van der Waals surface area (Å²) in [5.74, 6) is -1.17. The first-order valence-corrected chi connectivity index (χ1v) is 9.72. The van der Waals surface area contributed by atoms with Crippen molar-refractivity contribution in [1.82, 2.24) is 15.5 Å². The number of hydrogen-bond donors (Lipinski definition) is 3. The van der Waals surface area contributed by atoms with Crippen molar-refractivity contribution in [3.05, 3.63) is 64.7 Å². The molecule has 0 saturated carbocycles. The van der Waals surface area contributed by atoms with E-state index in [4.69, 9.17) is 0 Å². The van der Waals surface area contributed by atoms with Gasteiger partial charge in [-0.05, 0) is 29.7 Å². The molecule has 2 aromatic carbocycles. The lowest BCUT2D eigenvalue weighted by atomic mass is 10.0. The topological polar surface area (TPSA) is 116 Å². The number of amides is 4. The first-order valence-electron chi connectivity index (χ1n) is 9.72. The van der Waals surface area contributed by atoms with Gasteiger partial charge < -0.3 is 15.3 Å². The standard InChI is InChI=1S/C22H21N3O5/c26-18-4-2-1-3-14(18)10-20(28)23-11-13-5-6-15-12-25(22(30)16(15)9-13)17-7-8-19(27)24-21(17)29/h1-6,9,17,26H,7-8,10-12H2,(H,23,28)(H,24,27,29). The van der Waals surface area contributed by atoms with Crippen LogP contribution in [0.5, 0.6) is 5.75 Å². The van der Waals surface area contributed by atoms with Gasteiger partial charge in [0.1, 0.15) is 11.8 Å². The van der Waals surface area contributed by atoms with Crippen LogP contribution in [0, 0.1) is 0 Å². The second-order valence-corrected chi connectivity index (χ2v) is 7.47. The molecule has 4 amide bonds. The second-order valence-electron chi connectivity index (χ2n) is 7.47. The zero-order valence-corrected chi connectivity index (χ0v) is 16.2. The van der Waals surface area contributed by atoms with Gasteiger partial charge in [0.15, 0.2) is 0 Å². The smallest absolute Gasteiger partial charge is 0.255 e. The molecule has 30 heavy (non-hydrogen) atoms. The highest BCUT2D eigenvalue weighted by atomic mass is 16.3. The molecule has 2 aromatic rings. The zero-order valence-electron chi connectivity index (χ0n) is 16.2. The lowest BCUT2D eigenvalue weighted by Gasteiger charge is -2.29. The maximum absolute atomic E-state index is 12.8. The molecule has 0 radical (unpaired) electrons. The first kappa shape index (κ1) is 19.6. The second kappa shape index (κ2) is 7.98. The summed E-state index contributed by atoms with van der Waals surface area (Å²) in [4.78, 5) is 50.0. The molecule has 2 heterocycles. The number of carbonyl (C=O) groups excluding carboxylic acids is 4. The van der Waals surface area contributed by atoms with Crippen molar-refractivity contribution in [1.29, 1.82) is 0 Å². The highest BCUT2D eigenvalue weighted by molar-refractivity contribution is 6.05. The molecule has 154 valence electrons. The van der Waals surface area contributed by atoms with Crippen molar-refractivity contribution in [3.8, 4) is 5.75 Å². The number of aromatic hydroxyl groups is 1. The van der Waals surface area contributed by atoms with Crippen LogP contribution in [0.4, 0.5) is 0 Å². The summed E-state index contributed by atoms with van der Waals surface area (Å²) in [7, 11) is 0. The summed E-state index contributed by atoms with van der Waals surface area (Å²) in [5, 5.41) is 14.9. The molecular weight excluding hydrogens is 386 g/mol. The minimum atomic E-state index is -0.649. The average molecular weight is 407 g/mol. The van der Waals surface area contributed by atoms with E-state index >= 15 is 0 Å². The van der Waals surface area contributed by atoms with E-state index < -0.39 is 11.9 Å². The van der Waals surface area contributed by atoms with Gasteiger partial charge in [-0.15, -0.1) is 0 Å². The predicted octanol–water partition coefficient (Wildman–Crippen LogP) is 1.01. The summed E-state index contributed by atoms with van der Waals surface area (Å²) in [6.45, 7) is 0.561. The Labute approximate surface area is 172 Å². The molecule has 1 unspecified atom stereocenters. The molecule has 1 fully saturated rings. The molecule has 4 rings (SSSR count). The number of nitrogens with zero attached hydrogens (tertiary/aromatic N) is 1. The van der Waals surface area contributed by atoms with Crippen LogP contribution < -0.4 is 10.6 Å². The van der Waals surface area contributed by atoms with Gasteiger partial charge in [0, 0.05) is 30.6 Å². The average Bonchev–Trinajstić information content (AvgIpc) is 3.04. The molecule has 2 aliphatic rings. The molecule has 1 atom stereocenters. The Kier molecular flexibility index (Phi) is 5.22. The third-order valence-corrected chi connectivity index (χ3v) is 5.42. The van der Waals surface area contributed by atoms with Crippen molar-refractivity contribution < 1.29 is 24.3 Å². The van der Waals surface area contributed by atoms with Crippen molar-refractivity contribution >= 4 is 23.6 Å². The number of phenols is 1. The molecular formula is C22H21N3O5. The van der Waals surface area contributed by atoms with Crippen molar-refractivity contribution in [3.63, 3.8) is 0 Å². The van der Waals surface area contributed by atoms with Gasteiger partial charge >= 0.3 is 0 Å². The van der Waals surface area contributed by atoms with E-state index in [-0.39, 0.29) is 42.9 Å². The van der Waals surface area contributed by atoms with E-state index in [2.05, 4.69) is 10.6 Å². The summed E-state index contributed by atoms with van der Waals surface area (Å²) in [6, 6.07) is 11.4. The maximum Gasteiger partial charge on any atom is 0.255 e. The van der Waals surface area contributed by atoms with Crippen LogP contribution in [-0.4, -0.2) is 39.7 Å².